The number of halogens is 1. The Balaban J connectivity index is 2.20. The van der Waals surface area contributed by atoms with E-state index in [0.29, 0.717) is 22.8 Å². The third kappa shape index (κ3) is 3.31. The molecule has 20 heavy (non-hydrogen) atoms. The van der Waals surface area contributed by atoms with Crippen LogP contribution in [0.1, 0.15) is 15.9 Å². The molecule has 104 valence electrons. The molecular weight excluding hydrogens is 276 g/mol. The highest BCUT2D eigenvalue weighted by Gasteiger charge is 2.13. The molecule has 0 saturated carbocycles. The minimum atomic E-state index is -0.0329. The zero-order valence-corrected chi connectivity index (χ0v) is 12.1. The van der Waals surface area contributed by atoms with Crippen molar-refractivity contribution in [3.8, 4) is 11.5 Å². The minimum absolute atomic E-state index is 0.0329. The van der Waals surface area contributed by atoms with Crippen molar-refractivity contribution in [1.82, 2.24) is 0 Å². The first-order valence-corrected chi connectivity index (χ1v) is 6.51. The Kier molecular flexibility index (Phi) is 4.64. The molecule has 0 aliphatic rings. The van der Waals surface area contributed by atoms with Gasteiger partial charge >= 0.3 is 0 Å². The van der Waals surface area contributed by atoms with Crippen molar-refractivity contribution in [2.75, 3.05) is 14.2 Å². The first kappa shape index (κ1) is 14.4. The number of Topliss-reactive ketones (excluding diaryl/α,β-unsaturated/α-hetero) is 1. The van der Waals surface area contributed by atoms with Gasteiger partial charge in [-0.15, -0.1) is 0 Å². The average Bonchev–Trinajstić information content (AvgIpc) is 2.48. The van der Waals surface area contributed by atoms with Gasteiger partial charge in [-0.05, 0) is 35.9 Å². The van der Waals surface area contributed by atoms with Crippen molar-refractivity contribution >= 4 is 17.4 Å². The first-order valence-electron chi connectivity index (χ1n) is 6.13. The second-order valence-electron chi connectivity index (χ2n) is 4.29. The minimum Gasteiger partial charge on any atom is -0.497 e. The van der Waals surface area contributed by atoms with E-state index in [1.165, 1.54) is 7.11 Å². The van der Waals surface area contributed by atoms with Gasteiger partial charge in [0.1, 0.15) is 11.5 Å². The average molecular weight is 291 g/mol. The lowest BCUT2D eigenvalue weighted by Crippen LogP contribution is -2.05. The summed E-state index contributed by atoms with van der Waals surface area (Å²) in [6.07, 6.45) is 0.292. The molecule has 0 aliphatic carbocycles. The molecule has 0 fully saturated rings. The van der Waals surface area contributed by atoms with Gasteiger partial charge in [0.2, 0.25) is 0 Å². The number of methoxy groups -OCH3 is 2. The Hall–Kier alpha value is -2.00. The third-order valence-corrected chi connectivity index (χ3v) is 3.22. The fourth-order valence-electron chi connectivity index (χ4n) is 1.92. The van der Waals surface area contributed by atoms with E-state index in [2.05, 4.69) is 0 Å². The highest BCUT2D eigenvalue weighted by atomic mass is 35.5. The Labute approximate surface area is 123 Å². The molecule has 2 rings (SSSR count). The summed E-state index contributed by atoms with van der Waals surface area (Å²) in [5.74, 6) is 1.27. The van der Waals surface area contributed by atoms with Crippen LogP contribution in [0.15, 0.2) is 42.5 Å². The smallest absolute Gasteiger partial charge is 0.171 e. The topological polar surface area (TPSA) is 35.5 Å². The summed E-state index contributed by atoms with van der Waals surface area (Å²) in [6, 6.07) is 12.4. The van der Waals surface area contributed by atoms with E-state index in [4.69, 9.17) is 21.1 Å². The number of carbonyl (C=O) groups excluding carboxylic acids is 1. The number of rotatable bonds is 5. The monoisotopic (exact) mass is 290 g/mol. The number of ether oxygens (including phenoxy) is 2. The van der Waals surface area contributed by atoms with Crippen LogP contribution in [0.25, 0.3) is 0 Å². The van der Waals surface area contributed by atoms with Crippen LogP contribution >= 0.6 is 11.6 Å². The maximum absolute atomic E-state index is 12.3. The largest absolute Gasteiger partial charge is 0.497 e. The van der Waals surface area contributed by atoms with E-state index in [1.54, 1.807) is 25.3 Å². The maximum atomic E-state index is 12.3. The fourth-order valence-corrected chi connectivity index (χ4v) is 2.09. The first-order chi connectivity index (χ1) is 9.63. The summed E-state index contributed by atoms with van der Waals surface area (Å²) < 4.78 is 10.3. The molecule has 0 radical (unpaired) electrons. The van der Waals surface area contributed by atoms with Crippen LogP contribution in [0.3, 0.4) is 0 Å². The molecule has 0 atom stereocenters. The molecule has 0 heterocycles. The standard InChI is InChI=1S/C16H15ClO3/c1-19-13-6-3-11(4-7-13)9-15(18)14-10-12(17)5-8-16(14)20-2/h3-8,10H,9H2,1-2H3. The van der Waals surface area contributed by atoms with Crippen molar-refractivity contribution in [3.63, 3.8) is 0 Å². The summed E-state index contributed by atoms with van der Waals surface area (Å²) in [5, 5.41) is 0.517. The Morgan fingerprint density at radius 1 is 1.05 bits per heavy atom. The second-order valence-corrected chi connectivity index (χ2v) is 4.73. The van der Waals surface area contributed by atoms with Crippen molar-refractivity contribution in [2.24, 2.45) is 0 Å². The van der Waals surface area contributed by atoms with Crippen LogP contribution in [-0.4, -0.2) is 20.0 Å². The molecule has 0 bridgehead atoms. The van der Waals surface area contributed by atoms with Crippen LogP contribution in [-0.2, 0) is 6.42 Å². The van der Waals surface area contributed by atoms with E-state index in [1.807, 2.05) is 24.3 Å². The van der Waals surface area contributed by atoms with Crippen LogP contribution in [0, 0.1) is 0 Å². The number of ketones is 1. The molecule has 0 aliphatic heterocycles. The Bertz CT molecular complexity index is 606. The number of benzene rings is 2. The molecule has 0 amide bonds. The van der Waals surface area contributed by atoms with Crippen LogP contribution in [0.5, 0.6) is 11.5 Å². The van der Waals surface area contributed by atoms with Gasteiger partial charge in [-0.1, -0.05) is 23.7 Å². The number of hydrogen-bond acceptors (Lipinski definition) is 3. The van der Waals surface area contributed by atoms with Gasteiger partial charge in [0.05, 0.1) is 19.8 Å². The SMILES string of the molecule is COc1ccc(CC(=O)c2cc(Cl)ccc2OC)cc1. The predicted molar refractivity (Wildman–Crippen MR) is 79.0 cm³/mol. The van der Waals surface area contributed by atoms with Gasteiger partial charge in [0.15, 0.2) is 5.78 Å². The normalized spacial score (nSPS) is 10.2. The molecule has 0 unspecified atom stereocenters. The summed E-state index contributed by atoms with van der Waals surface area (Å²) in [5.41, 5.74) is 1.41. The molecule has 0 saturated heterocycles. The molecule has 0 spiro atoms. The molecule has 3 nitrogen and oxygen atoms in total. The van der Waals surface area contributed by atoms with E-state index in [9.17, 15) is 4.79 Å². The molecule has 2 aromatic rings. The van der Waals surface area contributed by atoms with Gasteiger partial charge < -0.3 is 9.47 Å². The summed E-state index contributed by atoms with van der Waals surface area (Å²) in [6.45, 7) is 0. The van der Waals surface area contributed by atoms with Crippen molar-refractivity contribution in [1.29, 1.82) is 0 Å². The van der Waals surface area contributed by atoms with Gasteiger partial charge in [-0.2, -0.15) is 0 Å². The lowest BCUT2D eigenvalue weighted by Gasteiger charge is -2.08. The van der Waals surface area contributed by atoms with E-state index in [0.717, 1.165) is 11.3 Å². The van der Waals surface area contributed by atoms with Gasteiger partial charge in [0, 0.05) is 11.4 Å². The predicted octanol–water partition coefficient (Wildman–Crippen LogP) is 3.78. The van der Waals surface area contributed by atoms with Gasteiger partial charge in [-0.25, -0.2) is 0 Å². The van der Waals surface area contributed by atoms with Crippen molar-refractivity contribution in [2.45, 2.75) is 6.42 Å². The number of hydrogen-bond donors (Lipinski definition) is 0. The van der Waals surface area contributed by atoms with E-state index >= 15 is 0 Å². The quantitative estimate of drug-likeness (QED) is 0.786. The van der Waals surface area contributed by atoms with E-state index < -0.39 is 0 Å². The molecule has 4 heteroatoms. The Morgan fingerprint density at radius 2 is 1.75 bits per heavy atom. The van der Waals surface area contributed by atoms with Crippen molar-refractivity contribution < 1.29 is 14.3 Å². The highest BCUT2D eigenvalue weighted by molar-refractivity contribution is 6.31. The Morgan fingerprint density at radius 3 is 2.35 bits per heavy atom. The molecular formula is C16H15ClO3. The van der Waals surface area contributed by atoms with E-state index in [-0.39, 0.29) is 5.78 Å². The molecule has 2 aromatic carbocycles. The molecule has 0 aromatic heterocycles. The highest BCUT2D eigenvalue weighted by Crippen LogP contribution is 2.24. The summed E-state index contributed by atoms with van der Waals surface area (Å²) >= 11 is 5.94. The third-order valence-electron chi connectivity index (χ3n) is 2.99. The van der Waals surface area contributed by atoms with Crippen LogP contribution < -0.4 is 9.47 Å². The van der Waals surface area contributed by atoms with Gasteiger partial charge in [-0.3, -0.25) is 4.79 Å². The zero-order chi connectivity index (χ0) is 14.5. The fraction of sp³-hybridized carbons (Fsp3) is 0.188. The van der Waals surface area contributed by atoms with Crippen molar-refractivity contribution in [3.05, 3.63) is 58.6 Å². The van der Waals surface area contributed by atoms with Crippen LogP contribution in [0.4, 0.5) is 0 Å². The molecule has 0 N–H and O–H groups in total. The summed E-state index contributed by atoms with van der Waals surface area (Å²) in [4.78, 5) is 12.3. The number of carbonyl (C=O) groups is 1. The lowest BCUT2D eigenvalue weighted by molar-refractivity contribution is 0.0990. The maximum Gasteiger partial charge on any atom is 0.171 e. The van der Waals surface area contributed by atoms with Gasteiger partial charge in [0.25, 0.3) is 0 Å². The lowest BCUT2D eigenvalue weighted by atomic mass is 10.0. The second kappa shape index (κ2) is 6.44. The summed E-state index contributed by atoms with van der Waals surface area (Å²) in [7, 11) is 3.14. The van der Waals surface area contributed by atoms with Crippen LogP contribution in [0.2, 0.25) is 5.02 Å². The zero-order valence-electron chi connectivity index (χ0n) is 11.4.